The fourth-order valence-electron chi connectivity index (χ4n) is 1.25. The minimum absolute atomic E-state index is 0.196. The van der Waals surface area contributed by atoms with Gasteiger partial charge in [-0.1, -0.05) is 12.1 Å². The summed E-state index contributed by atoms with van der Waals surface area (Å²) in [4.78, 5) is 11.0. The van der Waals surface area contributed by atoms with E-state index < -0.39 is 8.51 Å². The molecular formula is C11H13FNO2P. The van der Waals surface area contributed by atoms with E-state index in [9.17, 15) is 8.99 Å². The maximum absolute atomic E-state index is 12.7. The number of carbonyl (C=O) groups is 1. The lowest BCUT2D eigenvalue weighted by atomic mass is 10.2. The number of hydrogen-bond acceptors (Lipinski definition) is 2. The molecule has 0 saturated heterocycles. The third-order valence-corrected chi connectivity index (χ3v) is 2.35. The van der Waals surface area contributed by atoms with Crippen LogP contribution in [-0.4, -0.2) is 18.0 Å². The molecule has 1 N–H and O–H groups in total. The van der Waals surface area contributed by atoms with E-state index in [4.69, 9.17) is 4.74 Å². The number of anilines is 1. The van der Waals surface area contributed by atoms with Gasteiger partial charge in [0.15, 0.2) is 0 Å². The standard InChI is InChI=1S/C11H13FNO2P/c1-3-15-11(16-12)9-6-4-5-7-10(9)13-8(2)14/h4-7H,3H2,1-2H3,(H,13,14). The molecule has 1 rings (SSSR count). The monoisotopic (exact) mass is 241 g/mol. The number of rotatable bonds is 4. The first-order valence-corrected chi connectivity index (χ1v) is 5.66. The second-order valence-corrected chi connectivity index (χ2v) is 3.62. The van der Waals surface area contributed by atoms with Crippen molar-refractivity contribution in [2.24, 2.45) is 0 Å². The van der Waals surface area contributed by atoms with Crippen molar-refractivity contribution in [1.29, 1.82) is 0 Å². The summed E-state index contributed by atoms with van der Waals surface area (Å²) in [7, 11) is -0.449. The molecule has 0 saturated carbocycles. The van der Waals surface area contributed by atoms with Gasteiger partial charge in [0.05, 0.1) is 12.3 Å². The molecule has 1 aromatic rings. The first kappa shape index (κ1) is 12.8. The molecule has 0 bridgehead atoms. The van der Waals surface area contributed by atoms with Gasteiger partial charge in [-0.25, -0.2) is 0 Å². The molecule has 5 heteroatoms. The summed E-state index contributed by atoms with van der Waals surface area (Å²) in [5.74, 6) is -0.196. The fourth-order valence-corrected chi connectivity index (χ4v) is 1.72. The van der Waals surface area contributed by atoms with Crippen molar-refractivity contribution in [3.8, 4) is 0 Å². The number of halogens is 1. The predicted octanol–water partition coefficient (Wildman–Crippen LogP) is 2.99. The van der Waals surface area contributed by atoms with Gasteiger partial charge in [-0.2, -0.15) is 4.20 Å². The third kappa shape index (κ3) is 3.40. The zero-order valence-corrected chi connectivity index (χ0v) is 10.1. The van der Waals surface area contributed by atoms with Gasteiger partial charge >= 0.3 is 0 Å². The molecule has 0 aliphatic rings. The second-order valence-electron chi connectivity index (χ2n) is 3.05. The molecule has 0 atom stereocenters. The number of hydrogen-bond donors (Lipinski definition) is 1. The minimum atomic E-state index is -0.449. The van der Waals surface area contributed by atoms with Crippen LogP contribution in [-0.2, 0) is 9.53 Å². The van der Waals surface area contributed by atoms with E-state index in [1.54, 1.807) is 31.2 Å². The van der Waals surface area contributed by atoms with Crippen LogP contribution in [0.25, 0.3) is 0 Å². The molecule has 0 spiro atoms. The summed E-state index contributed by atoms with van der Waals surface area (Å²) >= 11 is 0. The molecule has 3 nitrogen and oxygen atoms in total. The summed E-state index contributed by atoms with van der Waals surface area (Å²) in [5, 5.41) is 2.64. The van der Waals surface area contributed by atoms with E-state index >= 15 is 0 Å². The molecule has 0 radical (unpaired) electrons. The number of nitrogens with one attached hydrogen (secondary N) is 1. The van der Waals surface area contributed by atoms with E-state index in [0.29, 0.717) is 17.9 Å². The number of ether oxygens (including phenoxy) is 1. The quantitative estimate of drug-likeness (QED) is 0.823. The maximum atomic E-state index is 12.7. The normalized spacial score (nSPS) is 11.3. The van der Waals surface area contributed by atoms with Gasteiger partial charge in [-0.05, 0) is 19.1 Å². The molecule has 0 aliphatic heterocycles. The van der Waals surface area contributed by atoms with Crippen LogP contribution in [0.15, 0.2) is 24.3 Å². The van der Waals surface area contributed by atoms with Gasteiger partial charge in [0.2, 0.25) is 5.91 Å². The van der Waals surface area contributed by atoms with Crippen molar-refractivity contribution in [3.05, 3.63) is 29.8 Å². The maximum Gasteiger partial charge on any atom is 0.221 e. The van der Waals surface area contributed by atoms with Crippen LogP contribution in [0.3, 0.4) is 0 Å². The van der Waals surface area contributed by atoms with Crippen LogP contribution in [0.4, 0.5) is 9.88 Å². The molecule has 1 amide bonds. The highest BCUT2D eigenvalue weighted by atomic mass is 31.1. The van der Waals surface area contributed by atoms with Gasteiger partial charge in [0, 0.05) is 12.5 Å². The van der Waals surface area contributed by atoms with E-state index in [0.717, 1.165) is 0 Å². The predicted molar refractivity (Wildman–Crippen MR) is 64.5 cm³/mol. The van der Waals surface area contributed by atoms with Crippen LogP contribution in [0.5, 0.6) is 0 Å². The topological polar surface area (TPSA) is 38.3 Å². The lowest BCUT2D eigenvalue weighted by Crippen LogP contribution is -2.12. The number of para-hydroxylation sites is 1. The van der Waals surface area contributed by atoms with Gasteiger partial charge in [0.1, 0.15) is 14.0 Å². The largest absolute Gasteiger partial charge is 0.339 e. The van der Waals surface area contributed by atoms with Crippen molar-refractivity contribution in [2.45, 2.75) is 13.8 Å². The van der Waals surface area contributed by atoms with Crippen molar-refractivity contribution >= 4 is 25.6 Å². The lowest BCUT2D eigenvalue weighted by molar-refractivity contribution is -0.114. The van der Waals surface area contributed by atoms with E-state index in [-0.39, 0.29) is 11.4 Å². The van der Waals surface area contributed by atoms with E-state index in [1.165, 1.54) is 6.92 Å². The smallest absolute Gasteiger partial charge is 0.221 e. The summed E-state index contributed by atoms with van der Waals surface area (Å²) in [6, 6.07) is 6.96. The van der Waals surface area contributed by atoms with E-state index in [2.05, 4.69) is 5.32 Å². The van der Waals surface area contributed by atoms with Crippen molar-refractivity contribution in [3.63, 3.8) is 0 Å². The van der Waals surface area contributed by atoms with E-state index in [1.807, 2.05) is 0 Å². The van der Waals surface area contributed by atoms with Gasteiger partial charge < -0.3 is 10.1 Å². The van der Waals surface area contributed by atoms with Gasteiger partial charge in [0.25, 0.3) is 0 Å². The van der Waals surface area contributed by atoms with Gasteiger partial charge in [-0.15, -0.1) is 0 Å². The zero-order chi connectivity index (χ0) is 12.0. The molecule has 16 heavy (non-hydrogen) atoms. The van der Waals surface area contributed by atoms with Crippen LogP contribution in [0, 0.1) is 0 Å². The summed E-state index contributed by atoms with van der Waals surface area (Å²) in [6.45, 7) is 3.58. The molecular weight excluding hydrogens is 228 g/mol. The number of amides is 1. The first-order chi connectivity index (χ1) is 7.69. The van der Waals surface area contributed by atoms with Crippen molar-refractivity contribution in [2.75, 3.05) is 11.9 Å². The lowest BCUT2D eigenvalue weighted by Gasteiger charge is -2.10. The summed E-state index contributed by atoms with van der Waals surface area (Å²) in [6.07, 6.45) is 0. The highest BCUT2D eigenvalue weighted by Gasteiger charge is 2.09. The highest BCUT2D eigenvalue weighted by molar-refractivity contribution is 7.35. The van der Waals surface area contributed by atoms with Crippen LogP contribution in [0.1, 0.15) is 19.4 Å². The third-order valence-electron chi connectivity index (χ3n) is 1.83. The van der Waals surface area contributed by atoms with Crippen LogP contribution >= 0.6 is 8.51 Å². The average molecular weight is 241 g/mol. The Morgan fingerprint density at radius 1 is 1.50 bits per heavy atom. The second kappa shape index (κ2) is 6.36. The van der Waals surface area contributed by atoms with Crippen molar-refractivity contribution in [1.82, 2.24) is 0 Å². The molecule has 0 aliphatic carbocycles. The molecule has 86 valence electrons. The zero-order valence-electron chi connectivity index (χ0n) is 9.16. The Hall–Kier alpha value is -1.25. The van der Waals surface area contributed by atoms with Crippen LogP contribution < -0.4 is 5.32 Å². The Morgan fingerprint density at radius 2 is 2.19 bits per heavy atom. The molecule has 0 fully saturated rings. The molecule has 0 heterocycles. The molecule has 0 aromatic heterocycles. The average Bonchev–Trinajstić information content (AvgIpc) is 2.26. The summed E-state index contributed by atoms with van der Waals surface area (Å²) in [5.41, 5.74) is 1.35. The number of benzene rings is 1. The fraction of sp³-hybridized carbons (Fsp3) is 0.273. The molecule has 0 unspecified atom stereocenters. The summed E-state index contributed by atoms with van der Waals surface area (Å²) < 4.78 is 17.9. The highest BCUT2D eigenvalue weighted by Crippen LogP contribution is 2.20. The Bertz CT molecular complexity index is 407. The Morgan fingerprint density at radius 3 is 2.75 bits per heavy atom. The SMILES string of the molecule is CCOC(=PF)c1ccccc1NC(C)=O. The number of carbonyl (C=O) groups excluding carboxylic acids is 1. The molecule has 1 aromatic carbocycles. The first-order valence-electron chi connectivity index (χ1n) is 4.87. The Balaban J connectivity index is 3.06. The van der Waals surface area contributed by atoms with Crippen molar-refractivity contribution < 1.29 is 13.7 Å². The van der Waals surface area contributed by atoms with Gasteiger partial charge in [-0.3, -0.25) is 4.79 Å². The Kier molecular flexibility index (Phi) is 5.09. The Labute approximate surface area is 95.5 Å². The minimum Gasteiger partial charge on any atom is -0.339 e. The van der Waals surface area contributed by atoms with Crippen LogP contribution in [0.2, 0.25) is 0 Å².